The van der Waals surface area contributed by atoms with Crippen LogP contribution in [0.4, 0.5) is 23.2 Å². The Morgan fingerprint density at radius 2 is 2.00 bits per heavy atom. The number of carbonyl (C=O) groups excluding carboxylic acids is 1. The molecule has 29 heavy (non-hydrogen) atoms. The second kappa shape index (κ2) is 8.12. The van der Waals surface area contributed by atoms with Crippen molar-refractivity contribution in [2.24, 2.45) is 0 Å². The summed E-state index contributed by atoms with van der Waals surface area (Å²) in [5, 5.41) is 6.56. The van der Waals surface area contributed by atoms with Crippen LogP contribution in [-0.2, 0) is 12.7 Å². The standard InChI is InChI=1S/C19H14ClF4N3O2/c1-2-27-10-14(17(28)25-16-7-6-12(21)9-15(16)20)18(26-27)29-13-5-3-4-11(8-13)19(22,23)24/h3-10H,2H2,1H3,(H,25,28). The summed E-state index contributed by atoms with van der Waals surface area (Å²) in [5.41, 5.74) is -0.758. The molecule has 3 aromatic rings. The lowest BCUT2D eigenvalue weighted by Crippen LogP contribution is -2.12. The van der Waals surface area contributed by atoms with Gasteiger partial charge in [0.2, 0.25) is 0 Å². The minimum Gasteiger partial charge on any atom is -0.437 e. The second-order valence-corrected chi connectivity index (χ2v) is 6.32. The van der Waals surface area contributed by atoms with Gasteiger partial charge < -0.3 is 10.1 Å². The SMILES string of the molecule is CCn1cc(C(=O)Nc2ccc(F)cc2Cl)c(Oc2cccc(C(F)(F)F)c2)n1. The summed E-state index contributed by atoms with van der Waals surface area (Å²) in [6.07, 6.45) is -3.16. The highest BCUT2D eigenvalue weighted by atomic mass is 35.5. The summed E-state index contributed by atoms with van der Waals surface area (Å²) >= 11 is 5.91. The van der Waals surface area contributed by atoms with Crippen LogP contribution < -0.4 is 10.1 Å². The zero-order valence-corrected chi connectivity index (χ0v) is 15.7. The van der Waals surface area contributed by atoms with E-state index in [0.717, 1.165) is 24.3 Å². The Balaban J connectivity index is 1.89. The molecular formula is C19H14ClF4N3O2. The Kier molecular flexibility index (Phi) is 5.78. The van der Waals surface area contributed by atoms with Gasteiger partial charge in [-0.3, -0.25) is 9.48 Å². The summed E-state index contributed by atoms with van der Waals surface area (Å²) in [6, 6.07) is 7.66. The van der Waals surface area contributed by atoms with Gasteiger partial charge in [0.15, 0.2) is 0 Å². The topological polar surface area (TPSA) is 56.2 Å². The Labute approximate surface area is 167 Å². The van der Waals surface area contributed by atoms with E-state index in [-0.39, 0.29) is 27.9 Å². The molecule has 5 nitrogen and oxygen atoms in total. The summed E-state index contributed by atoms with van der Waals surface area (Å²) in [7, 11) is 0. The molecule has 3 rings (SSSR count). The maximum absolute atomic E-state index is 13.2. The first-order valence-electron chi connectivity index (χ1n) is 8.36. The van der Waals surface area contributed by atoms with E-state index in [2.05, 4.69) is 10.4 Å². The maximum atomic E-state index is 13.2. The van der Waals surface area contributed by atoms with Gasteiger partial charge in [-0.15, -0.1) is 5.10 Å². The average molecular weight is 428 g/mol. The van der Waals surface area contributed by atoms with Crippen molar-refractivity contribution in [3.63, 3.8) is 0 Å². The van der Waals surface area contributed by atoms with Crippen molar-refractivity contribution >= 4 is 23.2 Å². The van der Waals surface area contributed by atoms with Gasteiger partial charge in [-0.2, -0.15) is 13.2 Å². The van der Waals surface area contributed by atoms with E-state index in [1.807, 2.05) is 0 Å². The van der Waals surface area contributed by atoms with E-state index in [0.29, 0.717) is 6.54 Å². The molecule has 1 amide bonds. The zero-order chi connectivity index (χ0) is 21.2. The van der Waals surface area contributed by atoms with Gasteiger partial charge in [-0.1, -0.05) is 17.7 Å². The molecule has 0 unspecified atom stereocenters. The van der Waals surface area contributed by atoms with E-state index in [1.165, 1.54) is 29.1 Å². The predicted molar refractivity (Wildman–Crippen MR) is 98.8 cm³/mol. The number of aryl methyl sites for hydroxylation is 1. The molecule has 0 saturated carbocycles. The fourth-order valence-corrected chi connectivity index (χ4v) is 2.64. The number of hydrogen-bond donors (Lipinski definition) is 1. The van der Waals surface area contributed by atoms with Crippen LogP contribution in [0.15, 0.2) is 48.7 Å². The molecule has 0 radical (unpaired) electrons. The fraction of sp³-hybridized carbons (Fsp3) is 0.158. The average Bonchev–Trinajstić information content (AvgIpc) is 3.06. The molecule has 0 aliphatic carbocycles. The number of nitrogens with one attached hydrogen (secondary N) is 1. The van der Waals surface area contributed by atoms with Crippen molar-refractivity contribution in [2.75, 3.05) is 5.32 Å². The number of carbonyl (C=O) groups is 1. The normalized spacial score (nSPS) is 11.4. The third kappa shape index (κ3) is 4.86. The molecule has 0 saturated heterocycles. The van der Waals surface area contributed by atoms with Crippen molar-refractivity contribution in [1.82, 2.24) is 9.78 Å². The van der Waals surface area contributed by atoms with E-state index >= 15 is 0 Å². The molecule has 1 N–H and O–H groups in total. The van der Waals surface area contributed by atoms with E-state index < -0.39 is 23.5 Å². The number of aromatic nitrogens is 2. The number of benzene rings is 2. The summed E-state index contributed by atoms with van der Waals surface area (Å²) < 4.78 is 58.7. The Morgan fingerprint density at radius 1 is 1.24 bits per heavy atom. The molecule has 0 atom stereocenters. The molecule has 10 heteroatoms. The lowest BCUT2D eigenvalue weighted by Gasteiger charge is -2.10. The third-order valence-corrected chi connectivity index (χ3v) is 4.16. The van der Waals surface area contributed by atoms with Crippen molar-refractivity contribution < 1.29 is 27.1 Å². The Morgan fingerprint density at radius 3 is 2.66 bits per heavy atom. The van der Waals surface area contributed by atoms with Gasteiger partial charge in [0, 0.05) is 12.7 Å². The number of alkyl halides is 3. The van der Waals surface area contributed by atoms with E-state index in [1.54, 1.807) is 6.92 Å². The van der Waals surface area contributed by atoms with Crippen molar-refractivity contribution in [3.8, 4) is 11.6 Å². The summed E-state index contributed by atoms with van der Waals surface area (Å²) in [6.45, 7) is 2.16. The third-order valence-electron chi connectivity index (χ3n) is 3.85. The van der Waals surface area contributed by atoms with Crippen LogP contribution in [0.25, 0.3) is 0 Å². The number of rotatable bonds is 5. The van der Waals surface area contributed by atoms with Crippen molar-refractivity contribution in [2.45, 2.75) is 19.6 Å². The van der Waals surface area contributed by atoms with Crippen LogP contribution in [0, 0.1) is 5.82 Å². The maximum Gasteiger partial charge on any atom is 0.416 e. The van der Waals surface area contributed by atoms with Gasteiger partial charge in [0.1, 0.15) is 17.1 Å². The fourth-order valence-electron chi connectivity index (χ4n) is 2.42. The van der Waals surface area contributed by atoms with Gasteiger partial charge in [-0.05, 0) is 43.3 Å². The van der Waals surface area contributed by atoms with Crippen molar-refractivity contribution in [1.29, 1.82) is 0 Å². The smallest absolute Gasteiger partial charge is 0.416 e. The van der Waals surface area contributed by atoms with E-state index in [9.17, 15) is 22.4 Å². The summed E-state index contributed by atoms with van der Waals surface area (Å²) in [5.74, 6) is -1.54. The number of anilines is 1. The molecule has 0 fully saturated rings. The quantitative estimate of drug-likeness (QED) is 0.527. The van der Waals surface area contributed by atoms with Crippen molar-refractivity contribution in [3.05, 3.63) is 70.6 Å². The van der Waals surface area contributed by atoms with Gasteiger partial charge in [0.25, 0.3) is 11.8 Å². The first kappa shape index (κ1) is 20.7. The number of hydrogen-bond acceptors (Lipinski definition) is 3. The van der Waals surface area contributed by atoms with Crippen LogP contribution in [0.5, 0.6) is 11.6 Å². The Hall–Kier alpha value is -3.07. The molecule has 0 aliphatic rings. The highest BCUT2D eigenvalue weighted by molar-refractivity contribution is 6.34. The van der Waals surface area contributed by atoms with Crippen LogP contribution in [0.1, 0.15) is 22.8 Å². The number of halogens is 5. The minimum atomic E-state index is -4.54. The first-order chi connectivity index (χ1) is 13.7. The highest BCUT2D eigenvalue weighted by Gasteiger charge is 2.31. The van der Waals surface area contributed by atoms with Crippen LogP contribution in [-0.4, -0.2) is 15.7 Å². The molecule has 152 valence electrons. The second-order valence-electron chi connectivity index (χ2n) is 5.91. The van der Waals surface area contributed by atoms with Gasteiger partial charge in [0.05, 0.1) is 16.3 Å². The molecule has 0 bridgehead atoms. The van der Waals surface area contributed by atoms with Crippen LogP contribution >= 0.6 is 11.6 Å². The van der Waals surface area contributed by atoms with Gasteiger partial charge in [-0.25, -0.2) is 4.39 Å². The largest absolute Gasteiger partial charge is 0.437 e. The lowest BCUT2D eigenvalue weighted by molar-refractivity contribution is -0.137. The van der Waals surface area contributed by atoms with E-state index in [4.69, 9.17) is 16.3 Å². The Bertz CT molecular complexity index is 1050. The molecule has 1 aromatic heterocycles. The predicted octanol–water partition coefficient (Wildman–Crippen LogP) is 5.76. The minimum absolute atomic E-state index is 0.0124. The van der Waals surface area contributed by atoms with Crippen LogP contribution in [0.3, 0.4) is 0 Å². The zero-order valence-electron chi connectivity index (χ0n) is 14.9. The number of ether oxygens (including phenoxy) is 1. The highest BCUT2D eigenvalue weighted by Crippen LogP contribution is 2.33. The molecule has 0 spiro atoms. The number of nitrogens with zero attached hydrogens (tertiary/aromatic N) is 2. The molecule has 2 aromatic carbocycles. The molecule has 1 heterocycles. The lowest BCUT2D eigenvalue weighted by atomic mass is 10.2. The number of amides is 1. The van der Waals surface area contributed by atoms with Crippen LogP contribution in [0.2, 0.25) is 5.02 Å². The van der Waals surface area contributed by atoms with Gasteiger partial charge >= 0.3 is 6.18 Å². The molecular weight excluding hydrogens is 414 g/mol. The molecule has 0 aliphatic heterocycles. The first-order valence-corrected chi connectivity index (χ1v) is 8.74. The monoisotopic (exact) mass is 427 g/mol. The summed E-state index contributed by atoms with van der Waals surface area (Å²) in [4.78, 5) is 12.6.